The number of hydrogen-bond donors (Lipinski definition) is 1. The predicted octanol–water partition coefficient (Wildman–Crippen LogP) is 6.33. The second-order valence-electron chi connectivity index (χ2n) is 9.21. The molecule has 206 valence electrons. The van der Waals surface area contributed by atoms with Gasteiger partial charge in [0.15, 0.2) is 0 Å². The summed E-state index contributed by atoms with van der Waals surface area (Å²) in [6, 6.07) is 7.56. The SMILES string of the molecule is CCCCCCCC(=O)N(C(=O)CCCCCCC)c1cccc(C(C)OCCOCCOCO)c1. The van der Waals surface area contributed by atoms with E-state index in [4.69, 9.17) is 19.3 Å². The van der Waals surface area contributed by atoms with Crippen molar-refractivity contribution >= 4 is 17.5 Å². The van der Waals surface area contributed by atoms with Crippen molar-refractivity contribution < 1.29 is 28.9 Å². The van der Waals surface area contributed by atoms with Crippen LogP contribution in [0.2, 0.25) is 0 Å². The largest absolute Gasteiger partial charge is 0.377 e. The van der Waals surface area contributed by atoms with Gasteiger partial charge in [0.05, 0.1) is 38.2 Å². The molecule has 0 bridgehead atoms. The number of unbranched alkanes of at least 4 members (excludes halogenated alkanes) is 8. The van der Waals surface area contributed by atoms with E-state index >= 15 is 0 Å². The molecule has 0 spiro atoms. The van der Waals surface area contributed by atoms with E-state index in [-0.39, 0.29) is 24.7 Å². The van der Waals surface area contributed by atoms with E-state index < -0.39 is 0 Å². The lowest BCUT2D eigenvalue weighted by molar-refractivity contribution is -0.126. The molecule has 1 unspecified atom stereocenters. The third kappa shape index (κ3) is 14.1. The topological polar surface area (TPSA) is 85.3 Å². The van der Waals surface area contributed by atoms with E-state index in [0.29, 0.717) is 45.0 Å². The molecule has 2 amide bonds. The van der Waals surface area contributed by atoms with Gasteiger partial charge in [0.2, 0.25) is 11.8 Å². The number of hydrogen-bond acceptors (Lipinski definition) is 6. The van der Waals surface area contributed by atoms with E-state index in [1.807, 2.05) is 31.2 Å². The molecule has 0 fully saturated rings. The molecule has 0 aliphatic heterocycles. The van der Waals surface area contributed by atoms with E-state index in [2.05, 4.69) is 13.8 Å². The Hall–Kier alpha value is -1.80. The molecule has 1 N–H and O–H groups in total. The summed E-state index contributed by atoms with van der Waals surface area (Å²) in [7, 11) is 0. The van der Waals surface area contributed by atoms with Gasteiger partial charge >= 0.3 is 0 Å². The Labute approximate surface area is 218 Å². The molecule has 0 saturated carbocycles. The van der Waals surface area contributed by atoms with Crippen LogP contribution in [0.5, 0.6) is 0 Å². The number of amides is 2. The fourth-order valence-electron chi connectivity index (χ4n) is 3.99. The summed E-state index contributed by atoms with van der Waals surface area (Å²) in [5.41, 5.74) is 1.53. The zero-order valence-corrected chi connectivity index (χ0v) is 22.8. The summed E-state index contributed by atoms with van der Waals surface area (Å²) in [6.45, 7) is 7.53. The Bertz CT molecular complexity index is 685. The number of aliphatic hydroxyl groups excluding tert-OH is 1. The molecule has 7 heteroatoms. The Balaban J connectivity index is 2.77. The highest BCUT2D eigenvalue weighted by Gasteiger charge is 2.23. The first-order chi connectivity index (χ1) is 17.5. The molecule has 0 saturated heterocycles. The van der Waals surface area contributed by atoms with Gasteiger partial charge in [0.1, 0.15) is 6.79 Å². The van der Waals surface area contributed by atoms with Crippen molar-refractivity contribution in [1.29, 1.82) is 0 Å². The quantitative estimate of drug-likeness (QED) is 0.146. The molecule has 1 aromatic rings. The van der Waals surface area contributed by atoms with Gasteiger partial charge in [-0.15, -0.1) is 0 Å². The van der Waals surface area contributed by atoms with Crippen LogP contribution < -0.4 is 4.90 Å². The number of nitrogens with zero attached hydrogens (tertiary/aromatic N) is 1. The number of carbonyl (C=O) groups is 2. The molecule has 1 atom stereocenters. The molecule has 0 aliphatic carbocycles. The number of carbonyl (C=O) groups excluding carboxylic acids is 2. The summed E-state index contributed by atoms with van der Waals surface area (Å²) >= 11 is 0. The highest BCUT2D eigenvalue weighted by atomic mass is 16.6. The molecule has 0 aliphatic rings. The maximum atomic E-state index is 13.2. The summed E-state index contributed by atoms with van der Waals surface area (Å²) in [6.07, 6.45) is 11.1. The average molecular weight is 508 g/mol. The van der Waals surface area contributed by atoms with Gasteiger partial charge in [-0.1, -0.05) is 77.3 Å². The highest BCUT2D eigenvalue weighted by molar-refractivity contribution is 6.14. The maximum Gasteiger partial charge on any atom is 0.233 e. The van der Waals surface area contributed by atoms with E-state index in [0.717, 1.165) is 56.9 Å². The van der Waals surface area contributed by atoms with Crippen molar-refractivity contribution in [3.63, 3.8) is 0 Å². The van der Waals surface area contributed by atoms with Crippen LogP contribution >= 0.6 is 0 Å². The average Bonchev–Trinajstić information content (AvgIpc) is 2.88. The number of benzene rings is 1. The minimum atomic E-state index is -0.313. The zero-order valence-electron chi connectivity index (χ0n) is 22.8. The predicted molar refractivity (Wildman–Crippen MR) is 144 cm³/mol. The molecular weight excluding hydrogens is 458 g/mol. The minimum absolute atomic E-state index is 0.116. The van der Waals surface area contributed by atoms with Crippen LogP contribution in [-0.4, -0.2) is 50.1 Å². The third-order valence-corrected chi connectivity index (χ3v) is 6.14. The van der Waals surface area contributed by atoms with E-state index in [1.54, 1.807) is 0 Å². The molecule has 0 radical (unpaired) electrons. The second-order valence-corrected chi connectivity index (χ2v) is 9.21. The van der Waals surface area contributed by atoms with Crippen molar-refractivity contribution in [3.8, 4) is 0 Å². The smallest absolute Gasteiger partial charge is 0.233 e. The summed E-state index contributed by atoms with van der Waals surface area (Å²) in [5.74, 6) is -0.233. The summed E-state index contributed by atoms with van der Waals surface area (Å²) in [4.78, 5) is 27.8. The molecule has 36 heavy (non-hydrogen) atoms. The fourth-order valence-corrected chi connectivity index (χ4v) is 3.99. The van der Waals surface area contributed by atoms with Gasteiger partial charge < -0.3 is 19.3 Å². The number of rotatable bonds is 22. The normalized spacial score (nSPS) is 12.0. The fraction of sp³-hybridized carbons (Fsp3) is 0.724. The molecule has 7 nitrogen and oxygen atoms in total. The monoisotopic (exact) mass is 507 g/mol. The van der Waals surface area contributed by atoms with Gasteiger partial charge in [-0.25, -0.2) is 0 Å². The van der Waals surface area contributed by atoms with Gasteiger partial charge in [0.25, 0.3) is 0 Å². The molecule has 1 aromatic carbocycles. The van der Waals surface area contributed by atoms with E-state index in [9.17, 15) is 9.59 Å². The molecular formula is C29H49NO6. The van der Waals surface area contributed by atoms with Crippen molar-refractivity contribution in [1.82, 2.24) is 0 Å². The van der Waals surface area contributed by atoms with Crippen LogP contribution in [0.3, 0.4) is 0 Å². The maximum absolute atomic E-state index is 13.2. The van der Waals surface area contributed by atoms with Crippen LogP contribution in [0, 0.1) is 0 Å². The first-order valence-electron chi connectivity index (χ1n) is 13.9. The second kappa shape index (κ2) is 21.3. The van der Waals surface area contributed by atoms with Crippen molar-refractivity contribution in [2.75, 3.05) is 38.1 Å². The lowest BCUT2D eigenvalue weighted by atomic mass is 10.1. The molecule has 1 rings (SSSR count). The van der Waals surface area contributed by atoms with Crippen molar-refractivity contribution in [2.45, 2.75) is 104 Å². The number of anilines is 1. The van der Waals surface area contributed by atoms with Crippen LogP contribution in [0.15, 0.2) is 24.3 Å². The first-order valence-corrected chi connectivity index (χ1v) is 13.9. The summed E-state index contributed by atoms with van der Waals surface area (Å²) < 4.78 is 16.1. The summed E-state index contributed by atoms with van der Waals surface area (Å²) in [5, 5.41) is 8.60. The standard InChI is InChI=1S/C29H49NO6/c1-4-6-8-10-12-17-28(32)30(29(33)18-13-11-9-7-5-2)27-16-14-15-26(23-27)25(3)36-22-21-34-19-20-35-24-31/h14-16,23,25,31H,4-13,17-22,24H2,1-3H3. The van der Waals surface area contributed by atoms with E-state index in [1.165, 1.54) is 17.7 Å². The highest BCUT2D eigenvalue weighted by Crippen LogP contribution is 2.25. The first kappa shape index (κ1) is 32.2. The van der Waals surface area contributed by atoms with Gasteiger partial charge in [-0.3, -0.25) is 14.5 Å². The lowest BCUT2D eigenvalue weighted by Gasteiger charge is -2.23. The lowest BCUT2D eigenvalue weighted by Crippen LogP contribution is -2.36. The Morgan fingerprint density at radius 2 is 1.36 bits per heavy atom. The Morgan fingerprint density at radius 1 is 0.806 bits per heavy atom. The Morgan fingerprint density at radius 3 is 1.94 bits per heavy atom. The van der Waals surface area contributed by atoms with Gasteiger partial charge in [0, 0.05) is 12.8 Å². The van der Waals surface area contributed by atoms with Crippen molar-refractivity contribution in [2.24, 2.45) is 0 Å². The molecule has 0 heterocycles. The van der Waals surface area contributed by atoms with Crippen LogP contribution in [-0.2, 0) is 23.8 Å². The van der Waals surface area contributed by atoms with Crippen LogP contribution in [0.1, 0.15) is 109 Å². The van der Waals surface area contributed by atoms with Crippen LogP contribution in [0.25, 0.3) is 0 Å². The zero-order chi connectivity index (χ0) is 26.4. The third-order valence-electron chi connectivity index (χ3n) is 6.14. The number of imide groups is 1. The minimum Gasteiger partial charge on any atom is -0.377 e. The van der Waals surface area contributed by atoms with Gasteiger partial charge in [-0.2, -0.15) is 0 Å². The number of ether oxygens (including phenoxy) is 3. The molecule has 0 aromatic heterocycles. The van der Waals surface area contributed by atoms with Crippen molar-refractivity contribution in [3.05, 3.63) is 29.8 Å². The van der Waals surface area contributed by atoms with Crippen LogP contribution in [0.4, 0.5) is 5.69 Å². The number of aliphatic hydroxyl groups is 1. The van der Waals surface area contributed by atoms with Gasteiger partial charge in [-0.05, 0) is 37.5 Å². The Kier molecular flexibility index (Phi) is 19.1.